The Kier molecular flexibility index (Phi) is 10.5. The second-order valence-corrected chi connectivity index (χ2v) is 15.6. The first kappa shape index (κ1) is 34.1. The van der Waals surface area contributed by atoms with Crippen LogP contribution in [0.15, 0.2) is 53.0 Å². The number of anilines is 2. The van der Waals surface area contributed by atoms with Crippen LogP contribution in [0.1, 0.15) is 18.2 Å². The summed E-state index contributed by atoms with van der Waals surface area (Å²) in [6, 6.07) is 15.0. The van der Waals surface area contributed by atoms with Gasteiger partial charge in [0.05, 0.1) is 18.3 Å². The predicted octanol–water partition coefficient (Wildman–Crippen LogP) is 3.79. The Morgan fingerprint density at radius 1 is 1.00 bits per heavy atom. The maximum Gasteiger partial charge on any atom is 0.413 e. The van der Waals surface area contributed by atoms with E-state index >= 15 is 0 Å². The molecule has 15 heteroatoms. The van der Waals surface area contributed by atoms with Crippen molar-refractivity contribution in [2.24, 2.45) is 0 Å². The van der Waals surface area contributed by atoms with E-state index in [0.29, 0.717) is 31.9 Å². The molecule has 0 bridgehead atoms. The van der Waals surface area contributed by atoms with Crippen molar-refractivity contribution >= 4 is 49.3 Å². The fourth-order valence-electron chi connectivity index (χ4n) is 6.29. The molecule has 1 atom stereocenters. The number of nitrogens with one attached hydrogen (secondary N) is 2. The molecule has 0 spiro atoms. The Bertz CT molecular complexity index is 1850. The van der Waals surface area contributed by atoms with E-state index in [2.05, 4.69) is 96.5 Å². The number of nitrogens with zero attached hydrogens (tertiary/aromatic N) is 7. The summed E-state index contributed by atoms with van der Waals surface area (Å²) >= 11 is 0.933. The lowest BCUT2D eigenvalue weighted by atomic mass is 10.00. The number of ether oxygens (including phenoxy) is 1. The van der Waals surface area contributed by atoms with E-state index in [0.717, 1.165) is 78.5 Å². The van der Waals surface area contributed by atoms with Crippen molar-refractivity contribution in [2.75, 3.05) is 83.7 Å². The minimum absolute atomic E-state index is 0.0533. The molecular weight excluding hydrogens is 651 g/mol. The molecule has 0 radical (unpaired) electrons. The number of piperazine rings is 2. The molecule has 2 aliphatic rings. The third-order valence-electron chi connectivity index (χ3n) is 8.87. The van der Waals surface area contributed by atoms with Crippen molar-refractivity contribution in [1.29, 1.82) is 0 Å². The highest BCUT2D eigenvalue weighted by atomic mass is 32.2. The third-order valence-corrected chi connectivity index (χ3v) is 12.4. The molecule has 0 aliphatic carbocycles. The molecule has 2 aromatic heterocycles. The van der Waals surface area contributed by atoms with E-state index < -0.39 is 16.1 Å². The summed E-state index contributed by atoms with van der Waals surface area (Å²) in [5.41, 5.74) is 4.77. The molecule has 1 unspecified atom stereocenters. The quantitative estimate of drug-likeness (QED) is 0.251. The number of aromatic nitrogens is 3. The number of carbonyl (C=O) groups is 1. The number of likely N-dealkylation sites (N-methyl/N-ethyl adjacent to an activating group) is 1. The summed E-state index contributed by atoms with van der Waals surface area (Å²) in [6.07, 6.45) is 0.924. The van der Waals surface area contributed by atoms with Crippen LogP contribution in [-0.2, 0) is 21.3 Å². The fraction of sp³-hybridized carbons (Fsp3) is 0.455. The number of methoxy groups -OCH3 is 1. The van der Waals surface area contributed by atoms with E-state index in [1.807, 2.05) is 0 Å². The largest absolute Gasteiger partial charge is 0.453 e. The lowest BCUT2D eigenvalue weighted by Crippen LogP contribution is -2.50. The standard InChI is InChI=1S/C33H43N9O4S2/c1-23(20-40-15-17-42(18-16-40)48(44,45)31-24(2)37-32(47-31)38-33(43)46-4)36-30-28-10-6-9-27(29(28)34-22-35-30)26-8-5-7-25(19-26)21-41-13-11-39(3)12-14-41/h5-10,19,22-23H,11-18,20-21H2,1-4H3,(H,34,35,36)(H,37,38,43). The van der Waals surface area contributed by atoms with Gasteiger partial charge in [-0.3, -0.25) is 15.1 Å². The number of para-hydroxylation sites is 1. The molecule has 2 aliphatic heterocycles. The van der Waals surface area contributed by atoms with Gasteiger partial charge in [-0.1, -0.05) is 41.7 Å². The fourth-order valence-corrected chi connectivity index (χ4v) is 9.24. The summed E-state index contributed by atoms with van der Waals surface area (Å²) < 4.78 is 33.1. The first-order valence-electron chi connectivity index (χ1n) is 16.2. The Labute approximate surface area is 286 Å². The second-order valence-electron chi connectivity index (χ2n) is 12.5. The number of aryl methyl sites for hydroxylation is 1. The molecule has 0 saturated carbocycles. The lowest BCUT2D eigenvalue weighted by molar-refractivity contribution is 0.148. The summed E-state index contributed by atoms with van der Waals surface area (Å²) in [5.74, 6) is 0.779. The van der Waals surface area contributed by atoms with Gasteiger partial charge in [0.2, 0.25) is 0 Å². The first-order valence-corrected chi connectivity index (χ1v) is 18.4. The monoisotopic (exact) mass is 693 g/mol. The number of fused-ring (bicyclic) bond motifs is 1. The molecule has 48 heavy (non-hydrogen) atoms. The summed E-state index contributed by atoms with van der Waals surface area (Å²) in [6.45, 7) is 11.7. The van der Waals surface area contributed by atoms with Gasteiger partial charge in [0.15, 0.2) is 9.34 Å². The first-order chi connectivity index (χ1) is 23.1. The van der Waals surface area contributed by atoms with Gasteiger partial charge < -0.3 is 15.0 Å². The van der Waals surface area contributed by atoms with E-state index in [1.54, 1.807) is 13.3 Å². The molecule has 256 valence electrons. The van der Waals surface area contributed by atoms with Crippen LogP contribution in [0.5, 0.6) is 0 Å². The maximum atomic E-state index is 13.4. The summed E-state index contributed by atoms with van der Waals surface area (Å²) in [7, 11) is -0.325. The van der Waals surface area contributed by atoms with E-state index in [9.17, 15) is 13.2 Å². The molecule has 4 aromatic rings. The van der Waals surface area contributed by atoms with Gasteiger partial charge >= 0.3 is 6.09 Å². The third kappa shape index (κ3) is 7.77. The Hall–Kier alpha value is -3.73. The number of benzene rings is 2. The number of hydrogen-bond donors (Lipinski definition) is 2. The summed E-state index contributed by atoms with van der Waals surface area (Å²) in [5, 5.41) is 7.19. The highest BCUT2D eigenvalue weighted by Gasteiger charge is 2.32. The number of carbonyl (C=O) groups excluding carboxylic acids is 1. The summed E-state index contributed by atoms with van der Waals surface area (Å²) in [4.78, 5) is 32.2. The van der Waals surface area contributed by atoms with Gasteiger partial charge in [-0.15, -0.1) is 0 Å². The lowest BCUT2D eigenvalue weighted by Gasteiger charge is -2.35. The highest BCUT2D eigenvalue weighted by Crippen LogP contribution is 2.32. The van der Waals surface area contributed by atoms with E-state index in [1.165, 1.54) is 17.0 Å². The Morgan fingerprint density at radius 2 is 1.73 bits per heavy atom. The zero-order chi connectivity index (χ0) is 33.8. The number of amides is 1. The Morgan fingerprint density at radius 3 is 2.48 bits per heavy atom. The van der Waals surface area contributed by atoms with Gasteiger partial charge in [0.25, 0.3) is 10.0 Å². The molecule has 2 N–H and O–H groups in total. The van der Waals surface area contributed by atoms with Crippen molar-refractivity contribution in [1.82, 2.24) is 34.0 Å². The van der Waals surface area contributed by atoms with Crippen molar-refractivity contribution in [3.8, 4) is 11.1 Å². The molecule has 2 aromatic carbocycles. The minimum atomic E-state index is -3.74. The predicted molar refractivity (Wildman–Crippen MR) is 189 cm³/mol. The van der Waals surface area contributed by atoms with Gasteiger partial charge in [0.1, 0.15) is 12.1 Å². The highest BCUT2D eigenvalue weighted by molar-refractivity contribution is 7.91. The normalized spacial score (nSPS) is 17.8. The van der Waals surface area contributed by atoms with Crippen LogP contribution in [0.2, 0.25) is 0 Å². The van der Waals surface area contributed by atoms with Gasteiger partial charge in [-0.05, 0) is 44.2 Å². The minimum Gasteiger partial charge on any atom is -0.453 e. The average Bonchev–Trinajstić information content (AvgIpc) is 3.46. The number of thiazole rings is 1. The van der Waals surface area contributed by atoms with Gasteiger partial charge in [-0.2, -0.15) is 4.31 Å². The van der Waals surface area contributed by atoms with Crippen LogP contribution in [0.4, 0.5) is 15.7 Å². The van der Waals surface area contributed by atoms with Crippen molar-refractivity contribution < 1.29 is 17.9 Å². The Balaban J connectivity index is 1.08. The molecule has 6 rings (SSSR count). The molecular formula is C33H43N9O4S2. The topological polar surface area (TPSA) is 136 Å². The van der Waals surface area contributed by atoms with E-state index in [4.69, 9.17) is 4.98 Å². The average molecular weight is 694 g/mol. The molecule has 4 heterocycles. The zero-order valence-corrected chi connectivity index (χ0v) is 29.5. The van der Waals surface area contributed by atoms with Crippen molar-refractivity contribution in [3.63, 3.8) is 0 Å². The van der Waals surface area contributed by atoms with Crippen molar-refractivity contribution in [3.05, 3.63) is 60.0 Å². The molecule has 2 fully saturated rings. The number of sulfonamides is 1. The van der Waals surface area contributed by atoms with Crippen LogP contribution in [0.25, 0.3) is 22.0 Å². The smallest absolute Gasteiger partial charge is 0.413 e. The molecule has 13 nitrogen and oxygen atoms in total. The SMILES string of the molecule is COC(=O)Nc1nc(C)c(S(=O)(=O)N2CCN(CC(C)Nc3ncnc4c(-c5cccc(CN6CCN(C)CC6)c5)cccc34)CC2)s1. The van der Waals surface area contributed by atoms with Crippen LogP contribution >= 0.6 is 11.3 Å². The van der Waals surface area contributed by atoms with Gasteiger partial charge in [-0.25, -0.2) is 28.2 Å². The number of rotatable bonds is 10. The molecule has 2 saturated heterocycles. The van der Waals surface area contributed by atoms with Crippen molar-refractivity contribution in [2.45, 2.75) is 30.6 Å². The van der Waals surface area contributed by atoms with Crippen LogP contribution < -0.4 is 10.6 Å². The zero-order valence-electron chi connectivity index (χ0n) is 27.8. The van der Waals surface area contributed by atoms with Crippen LogP contribution in [0.3, 0.4) is 0 Å². The second kappa shape index (κ2) is 14.8. The van der Waals surface area contributed by atoms with Crippen LogP contribution in [0, 0.1) is 6.92 Å². The number of hydrogen-bond acceptors (Lipinski definition) is 12. The maximum absolute atomic E-state index is 13.4. The molecule has 1 amide bonds. The van der Waals surface area contributed by atoms with Gasteiger partial charge in [0, 0.05) is 82.4 Å². The van der Waals surface area contributed by atoms with E-state index in [-0.39, 0.29) is 15.4 Å². The van der Waals surface area contributed by atoms with Crippen LogP contribution in [-0.4, -0.2) is 128 Å².